The van der Waals surface area contributed by atoms with Crippen molar-refractivity contribution in [2.45, 2.75) is 25.7 Å². The summed E-state index contributed by atoms with van der Waals surface area (Å²) in [4.78, 5) is 6.23. The molecule has 4 heteroatoms. The fraction of sp³-hybridized carbons (Fsp3) is 0.562. The average molecular weight is 293 g/mol. The van der Waals surface area contributed by atoms with Gasteiger partial charge in [0.15, 0.2) is 0 Å². The average Bonchev–Trinajstić information content (AvgIpc) is 2.76. The van der Waals surface area contributed by atoms with Gasteiger partial charge >= 0.3 is 0 Å². The third-order valence-electron chi connectivity index (χ3n) is 3.97. The molecule has 0 unspecified atom stereocenters. The Morgan fingerprint density at radius 1 is 1.40 bits per heavy atom. The summed E-state index contributed by atoms with van der Waals surface area (Å²) in [5, 5.41) is 4.10. The number of benzene rings is 1. The number of nitrogens with zero attached hydrogens (tertiary/aromatic N) is 1. The summed E-state index contributed by atoms with van der Waals surface area (Å²) < 4.78 is 5.78. The van der Waals surface area contributed by atoms with Crippen molar-refractivity contribution < 1.29 is 9.57 Å². The molecule has 1 heterocycles. The van der Waals surface area contributed by atoms with Crippen LogP contribution in [0.5, 0.6) is 0 Å². The molecule has 0 saturated carbocycles. The lowest BCUT2D eigenvalue weighted by atomic mass is 9.75. The summed E-state index contributed by atoms with van der Waals surface area (Å²) in [6.45, 7) is 7.45. The lowest BCUT2D eigenvalue weighted by Crippen LogP contribution is -2.35. The van der Waals surface area contributed by atoms with Crippen molar-refractivity contribution in [3.63, 3.8) is 0 Å². The predicted octanol–water partition coefficient (Wildman–Crippen LogP) is 4.05. The summed E-state index contributed by atoms with van der Waals surface area (Å²) >= 11 is 1.85. The summed E-state index contributed by atoms with van der Waals surface area (Å²) in [6.07, 6.45) is 0. The molecular formula is C16H23NO2S. The Morgan fingerprint density at radius 3 is 2.70 bits per heavy atom. The molecule has 1 aromatic rings. The van der Waals surface area contributed by atoms with Crippen LogP contribution >= 0.6 is 11.8 Å². The Hall–Kier alpha value is -1.16. The maximum atomic E-state index is 5.78. The smallest absolute Gasteiger partial charge is 0.232 e. The van der Waals surface area contributed by atoms with Crippen molar-refractivity contribution in [1.82, 2.24) is 0 Å². The Balaban J connectivity index is 2.16. The molecule has 20 heavy (non-hydrogen) atoms. The van der Waals surface area contributed by atoms with E-state index in [1.807, 2.05) is 17.8 Å². The highest BCUT2D eigenvalue weighted by molar-refractivity contribution is 7.99. The fourth-order valence-electron chi connectivity index (χ4n) is 2.74. The molecule has 2 rings (SSSR count). The predicted molar refractivity (Wildman–Crippen MR) is 84.0 cm³/mol. The van der Waals surface area contributed by atoms with Crippen LogP contribution in [0, 0.1) is 17.3 Å². The van der Waals surface area contributed by atoms with E-state index in [1.165, 1.54) is 4.90 Å². The van der Waals surface area contributed by atoms with Crippen molar-refractivity contribution in [2.24, 2.45) is 22.4 Å². The molecule has 0 bridgehead atoms. The van der Waals surface area contributed by atoms with Gasteiger partial charge in [-0.3, -0.25) is 0 Å². The molecule has 0 aromatic heterocycles. The van der Waals surface area contributed by atoms with Gasteiger partial charge in [-0.2, -0.15) is 0 Å². The van der Waals surface area contributed by atoms with Crippen LogP contribution < -0.4 is 0 Å². The summed E-state index contributed by atoms with van der Waals surface area (Å²) in [6, 6.07) is 10.5. The molecule has 0 aliphatic carbocycles. The largest absolute Gasteiger partial charge is 0.478 e. The first-order chi connectivity index (χ1) is 9.58. The Labute approximate surface area is 125 Å². The third-order valence-corrected chi connectivity index (χ3v) is 5.32. The normalized spacial score (nSPS) is 27.9. The van der Waals surface area contributed by atoms with Gasteiger partial charge in [-0.1, -0.05) is 37.2 Å². The molecule has 0 N–H and O–H groups in total. The second-order valence-electron chi connectivity index (χ2n) is 5.76. The maximum absolute atomic E-state index is 5.78. The molecule has 0 amide bonds. The molecule has 1 fully saturated rings. The van der Waals surface area contributed by atoms with E-state index in [-0.39, 0.29) is 5.41 Å². The van der Waals surface area contributed by atoms with Crippen molar-refractivity contribution >= 4 is 17.7 Å². The Morgan fingerprint density at radius 2 is 2.10 bits per heavy atom. The topological polar surface area (TPSA) is 30.8 Å². The lowest BCUT2D eigenvalue weighted by Gasteiger charge is -2.30. The van der Waals surface area contributed by atoms with Crippen LogP contribution in [0.15, 0.2) is 40.4 Å². The van der Waals surface area contributed by atoms with E-state index in [9.17, 15) is 0 Å². The minimum atomic E-state index is -0.0787. The van der Waals surface area contributed by atoms with E-state index in [0.29, 0.717) is 11.8 Å². The second kappa shape index (κ2) is 6.53. The second-order valence-corrected chi connectivity index (χ2v) is 6.81. The number of hydrogen-bond acceptors (Lipinski definition) is 4. The van der Waals surface area contributed by atoms with Gasteiger partial charge in [0.25, 0.3) is 0 Å². The van der Waals surface area contributed by atoms with Gasteiger partial charge in [-0.15, -0.1) is 11.8 Å². The van der Waals surface area contributed by atoms with Crippen molar-refractivity contribution in [3.05, 3.63) is 30.3 Å². The lowest BCUT2D eigenvalue weighted by molar-refractivity contribution is 0.193. The summed E-state index contributed by atoms with van der Waals surface area (Å²) in [7, 11) is 1.57. The molecular weight excluding hydrogens is 270 g/mol. The van der Waals surface area contributed by atoms with Gasteiger partial charge in [0.1, 0.15) is 7.11 Å². The van der Waals surface area contributed by atoms with E-state index in [4.69, 9.17) is 9.57 Å². The molecule has 0 spiro atoms. The van der Waals surface area contributed by atoms with Gasteiger partial charge < -0.3 is 9.57 Å². The first kappa shape index (κ1) is 15.2. The molecule has 110 valence electrons. The van der Waals surface area contributed by atoms with Crippen molar-refractivity contribution in [3.8, 4) is 0 Å². The van der Waals surface area contributed by atoms with Gasteiger partial charge in [0, 0.05) is 16.6 Å². The highest BCUT2D eigenvalue weighted by atomic mass is 32.2. The van der Waals surface area contributed by atoms with E-state index in [1.54, 1.807) is 7.11 Å². The third kappa shape index (κ3) is 3.11. The number of rotatable bonds is 5. The van der Waals surface area contributed by atoms with Crippen LogP contribution in [-0.2, 0) is 9.57 Å². The van der Waals surface area contributed by atoms with Gasteiger partial charge in [0.2, 0.25) is 5.90 Å². The number of thioether (sulfide) groups is 1. The Bertz CT molecular complexity index is 461. The fourth-order valence-corrected chi connectivity index (χ4v) is 3.89. The number of hydrogen-bond donors (Lipinski definition) is 0. The minimum Gasteiger partial charge on any atom is -0.478 e. The quantitative estimate of drug-likeness (QED) is 0.606. The van der Waals surface area contributed by atoms with Crippen molar-refractivity contribution in [2.75, 3.05) is 19.5 Å². The SMILES string of the molecule is CO/N=C1\OC[C@@H](C(C)C)[C@]1(C)CSc1ccccc1. The van der Waals surface area contributed by atoms with Crippen LogP contribution in [-0.4, -0.2) is 25.4 Å². The van der Waals surface area contributed by atoms with Crippen molar-refractivity contribution in [1.29, 1.82) is 0 Å². The molecule has 1 aromatic carbocycles. The van der Waals surface area contributed by atoms with Gasteiger partial charge in [-0.25, -0.2) is 0 Å². The van der Waals surface area contributed by atoms with Crippen LogP contribution in [0.4, 0.5) is 0 Å². The Kier molecular flexibility index (Phi) is 4.97. The van der Waals surface area contributed by atoms with Crippen LogP contribution in [0.25, 0.3) is 0 Å². The molecule has 0 radical (unpaired) electrons. The molecule has 3 nitrogen and oxygen atoms in total. The van der Waals surface area contributed by atoms with E-state index in [2.05, 4.69) is 50.2 Å². The molecule has 1 saturated heterocycles. The highest BCUT2D eigenvalue weighted by Gasteiger charge is 2.48. The zero-order valence-corrected chi connectivity index (χ0v) is 13.4. The monoisotopic (exact) mass is 293 g/mol. The van der Waals surface area contributed by atoms with Crippen LogP contribution in [0.1, 0.15) is 20.8 Å². The molecule has 2 atom stereocenters. The summed E-state index contributed by atoms with van der Waals surface area (Å²) in [5.41, 5.74) is -0.0787. The first-order valence-corrected chi connectivity index (χ1v) is 7.98. The first-order valence-electron chi connectivity index (χ1n) is 7.00. The van der Waals surface area contributed by atoms with E-state index in [0.717, 1.165) is 18.3 Å². The highest BCUT2D eigenvalue weighted by Crippen LogP contribution is 2.44. The standard InChI is InChI=1S/C16H23NO2S/c1-12(2)14-10-19-15(17-18-4)16(14,3)11-20-13-8-6-5-7-9-13/h5-9,12,14H,10-11H2,1-4H3/b17-15-/t14-,16-/m0/s1. The maximum Gasteiger partial charge on any atom is 0.232 e. The van der Waals surface area contributed by atoms with E-state index < -0.39 is 0 Å². The van der Waals surface area contributed by atoms with Gasteiger partial charge in [-0.05, 0) is 25.0 Å². The summed E-state index contributed by atoms with van der Waals surface area (Å²) in [5.74, 6) is 2.71. The molecule has 1 aliphatic rings. The van der Waals surface area contributed by atoms with Gasteiger partial charge in [0.05, 0.1) is 12.0 Å². The van der Waals surface area contributed by atoms with Crippen LogP contribution in [0.3, 0.4) is 0 Å². The number of ether oxygens (including phenoxy) is 1. The van der Waals surface area contributed by atoms with E-state index >= 15 is 0 Å². The van der Waals surface area contributed by atoms with Crippen LogP contribution in [0.2, 0.25) is 0 Å². The zero-order valence-electron chi connectivity index (χ0n) is 12.6. The zero-order chi connectivity index (χ0) is 14.6. The number of oxime groups is 1. The minimum absolute atomic E-state index is 0.0787. The molecule has 1 aliphatic heterocycles.